The fraction of sp³-hybridized carbons (Fsp3) is 0.947. The van der Waals surface area contributed by atoms with E-state index in [0.29, 0.717) is 31.6 Å². The van der Waals surface area contributed by atoms with Crippen molar-refractivity contribution in [3.8, 4) is 0 Å². The van der Waals surface area contributed by atoms with E-state index in [2.05, 4.69) is 34.6 Å². The Hall–Kier alpha value is -1.94. The lowest BCUT2D eigenvalue weighted by Gasteiger charge is -2.21. The van der Waals surface area contributed by atoms with Crippen LogP contribution in [-0.2, 0) is 65.4 Å². The topological polar surface area (TPSA) is 237 Å². The first-order chi connectivity index (χ1) is 46.0. The van der Waals surface area contributed by atoms with Crippen molar-refractivity contribution in [3.63, 3.8) is 0 Å². The number of ether oxygens (including phenoxy) is 4. The van der Waals surface area contributed by atoms with Gasteiger partial charge in [-0.2, -0.15) is 0 Å². The van der Waals surface area contributed by atoms with Gasteiger partial charge in [0.05, 0.1) is 26.4 Å². The Kier molecular flexibility index (Phi) is 67.7. The Bertz CT molecular complexity index is 1820. The maximum Gasteiger partial charge on any atom is 0.472 e. The molecule has 0 spiro atoms. The molecule has 0 fully saturated rings. The number of esters is 4. The van der Waals surface area contributed by atoms with Gasteiger partial charge in [0.25, 0.3) is 0 Å². The highest BCUT2D eigenvalue weighted by Crippen LogP contribution is 2.45. The third-order valence-corrected chi connectivity index (χ3v) is 19.7. The molecule has 0 aliphatic heterocycles. The van der Waals surface area contributed by atoms with E-state index in [1.54, 1.807) is 0 Å². The third-order valence-electron chi connectivity index (χ3n) is 17.8. The summed E-state index contributed by atoms with van der Waals surface area (Å²) in [5.41, 5.74) is 0. The first-order valence-electron chi connectivity index (χ1n) is 39.6. The van der Waals surface area contributed by atoms with Gasteiger partial charge in [0, 0.05) is 25.7 Å². The van der Waals surface area contributed by atoms with Gasteiger partial charge >= 0.3 is 39.5 Å². The number of carbonyl (C=O) groups excluding carboxylic acids is 4. The fourth-order valence-corrected chi connectivity index (χ4v) is 13.3. The summed E-state index contributed by atoms with van der Waals surface area (Å²) in [6, 6.07) is 0. The minimum absolute atomic E-state index is 0.104. The van der Waals surface area contributed by atoms with Crippen LogP contribution in [0.5, 0.6) is 0 Å². The predicted molar refractivity (Wildman–Crippen MR) is 386 cm³/mol. The van der Waals surface area contributed by atoms with Crippen molar-refractivity contribution in [1.29, 1.82) is 0 Å². The van der Waals surface area contributed by atoms with Gasteiger partial charge in [-0.15, -0.1) is 0 Å². The molecule has 3 N–H and O–H groups in total. The van der Waals surface area contributed by atoms with Gasteiger partial charge in [0.2, 0.25) is 0 Å². The molecule has 0 radical (unpaired) electrons. The molecule has 0 rings (SSSR count). The number of aliphatic hydroxyl groups excluding tert-OH is 1. The molecule has 0 aliphatic rings. The van der Waals surface area contributed by atoms with Crippen LogP contribution in [0.25, 0.3) is 0 Å². The average Bonchev–Trinajstić information content (AvgIpc) is 2.03. The van der Waals surface area contributed by atoms with Crippen LogP contribution in [0.15, 0.2) is 0 Å². The zero-order valence-electron chi connectivity index (χ0n) is 61.8. The number of rotatable bonds is 76. The summed E-state index contributed by atoms with van der Waals surface area (Å²) in [6.07, 6.45) is 58.6. The van der Waals surface area contributed by atoms with Crippen molar-refractivity contribution >= 4 is 39.5 Å². The average molecular weight is 1400 g/mol. The molecule has 0 amide bonds. The van der Waals surface area contributed by atoms with Gasteiger partial charge in [0.1, 0.15) is 19.3 Å². The van der Waals surface area contributed by atoms with Crippen molar-refractivity contribution in [1.82, 2.24) is 0 Å². The SMILES string of the molecule is CCCCCCCCCCCCCCCCCCCCCCC(=O)O[C@H](COC(=O)CCCCCCCCCCCCCCCCCCC)COP(=O)(O)OC[C@@H](O)COP(=O)(O)OC[C@@H](COC(=O)CCCCCCCCCC)OC(=O)CCCCCCCCCC(C)C. The van der Waals surface area contributed by atoms with Gasteiger partial charge < -0.3 is 33.8 Å². The van der Waals surface area contributed by atoms with Gasteiger partial charge in [-0.1, -0.05) is 349 Å². The zero-order chi connectivity index (χ0) is 69.8. The van der Waals surface area contributed by atoms with Crippen molar-refractivity contribution < 1.29 is 80.2 Å². The van der Waals surface area contributed by atoms with Crippen LogP contribution in [0.3, 0.4) is 0 Å². The molecule has 564 valence electrons. The minimum atomic E-state index is -4.96. The van der Waals surface area contributed by atoms with Crippen molar-refractivity contribution in [2.24, 2.45) is 5.92 Å². The van der Waals surface area contributed by atoms with Gasteiger partial charge in [0.15, 0.2) is 12.2 Å². The third kappa shape index (κ3) is 70.3. The van der Waals surface area contributed by atoms with E-state index in [0.717, 1.165) is 96.3 Å². The Morgan fingerprint density at radius 3 is 0.716 bits per heavy atom. The highest BCUT2D eigenvalue weighted by molar-refractivity contribution is 7.47. The first kappa shape index (κ1) is 93.1. The van der Waals surface area contributed by atoms with Crippen LogP contribution in [0, 0.1) is 5.92 Å². The molecule has 0 saturated heterocycles. The molecule has 0 aromatic rings. The fourth-order valence-electron chi connectivity index (χ4n) is 11.7. The number of hydrogen-bond acceptors (Lipinski definition) is 15. The molecule has 0 bridgehead atoms. The lowest BCUT2D eigenvalue weighted by Crippen LogP contribution is -2.30. The largest absolute Gasteiger partial charge is 0.472 e. The number of phosphoric acid groups is 2. The second-order valence-corrected chi connectivity index (χ2v) is 30.8. The number of phosphoric ester groups is 2. The summed E-state index contributed by atoms with van der Waals surface area (Å²) in [6.45, 7) is 7.20. The van der Waals surface area contributed by atoms with E-state index < -0.39 is 97.5 Å². The van der Waals surface area contributed by atoms with E-state index in [1.165, 1.54) is 218 Å². The second kappa shape index (κ2) is 69.2. The van der Waals surface area contributed by atoms with Crippen LogP contribution in [0.1, 0.15) is 401 Å². The predicted octanol–water partition coefficient (Wildman–Crippen LogP) is 22.5. The highest BCUT2D eigenvalue weighted by Gasteiger charge is 2.30. The maximum atomic E-state index is 13.1. The smallest absolute Gasteiger partial charge is 0.462 e. The lowest BCUT2D eigenvalue weighted by molar-refractivity contribution is -0.161. The van der Waals surface area contributed by atoms with Crippen LogP contribution in [0.4, 0.5) is 0 Å². The highest BCUT2D eigenvalue weighted by atomic mass is 31.2. The van der Waals surface area contributed by atoms with Gasteiger partial charge in [-0.3, -0.25) is 37.3 Å². The summed E-state index contributed by atoms with van der Waals surface area (Å²) >= 11 is 0. The lowest BCUT2D eigenvalue weighted by atomic mass is 10.0. The van der Waals surface area contributed by atoms with Crippen LogP contribution < -0.4 is 0 Å². The molecule has 0 aromatic carbocycles. The first-order valence-corrected chi connectivity index (χ1v) is 42.6. The number of carbonyl (C=O) groups is 4. The quantitative estimate of drug-likeness (QED) is 0.0222. The van der Waals surface area contributed by atoms with Crippen molar-refractivity contribution in [2.45, 2.75) is 419 Å². The molecule has 0 aromatic heterocycles. The Morgan fingerprint density at radius 1 is 0.284 bits per heavy atom. The van der Waals surface area contributed by atoms with Crippen LogP contribution in [0.2, 0.25) is 0 Å². The molecule has 95 heavy (non-hydrogen) atoms. The molecular weight excluding hydrogens is 1250 g/mol. The summed E-state index contributed by atoms with van der Waals surface area (Å²) in [5, 5.41) is 10.6. The summed E-state index contributed by atoms with van der Waals surface area (Å²) in [7, 11) is -9.90. The Labute approximate surface area is 581 Å². The normalized spacial score (nSPS) is 13.9. The number of unbranched alkanes of at least 4 members (excludes halogenated alkanes) is 48. The molecule has 0 saturated carbocycles. The number of hydrogen-bond donors (Lipinski definition) is 3. The van der Waals surface area contributed by atoms with Crippen molar-refractivity contribution in [2.75, 3.05) is 39.6 Å². The van der Waals surface area contributed by atoms with Crippen LogP contribution in [-0.4, -0.2) is 96.7 Å². The zero-order valence-corrected chi connectivity index (χ0v) is 63.6. The molecule has 2 unspecified atom stereocenters. The summed E-state index contributed by atoms with van der Waals surface area (Å²) in [5.74, 6) is -1.42. The minimum Gasteiger partial charge on any atom is -0.462 e. The standard InChI is InChI=1S/C76H148O17P2/c1-6-9-12-15-18-21-23-25-27-29-30-31-33-35-37-39-41-46-51-56-61-75(80)92-71(66-87-74(79)60-55-50-45-40-38-36-34-32-28-26-24-22-19-16-13-10-7-2)67-90-94(82,83)88-63-70(77)64-89-95(84,85)91-68-72(65-86-73(78)59-54-49-44-20-17-14-11-8-3)93-76(81)62-57-52-47-42-43-48-53-58-69(4)5/h69-72,77H,6-68H2,1-5H3,(H,82,83)(H,84,85)/t70-,71-,72-/m1/s1. The molecule has 0 heterocycles. The molecule has 5 atom stereocenters. The van der Waals surface area contributed by atoms with Crippen LogP contribution >= 0.6 is 15.6 Å². The molecule has 0 aliphatic carbocycles. The summed E-state index contributed by atoms with van der Waals surface area (Å²) < 4.78 is 68.4. The molecular formula is C76H148O17P2. The van der Waals surface area contributed by atoms with Crippen molar-refractivity contribution in [3.05, 3.63) is 0 Å². The summed E-state index contributed by atoms with van der Waals surface area (Å²) in [4.78, 5) is 72.7. The van der Waals surface area contributed by atoms with E-state index >= 15 is 0 Å². The number of aliphatic hydroxyl groups is 1. The van der Waals surface area contributed by atoms with E-state index in [4.69, 9.17) is 37.0 Å². The molecule has 19 heteroatoms. The van der Waals surface area contributed by atoms with E-state index in [9.17, 15) is 43.2 Å². The van der Waals surface area contributed by atoms with E-state index in [1.807, 2.05) is 0 Å². The Balaban J connectivity index is 5.17. The monoisotopic (exact) mass is 1400 g/mol. The van der Waals surface area contributed by atoms with Gasteiger partial charge in [-0.25, -0.2) is 9.13 Å². The van der Waals surface area contributed by atoms with Gasteiger partial charge in [-0.05, 0) is 31.6 Å². The second-order valence-electron chi connectivity index (χ2n) is 27.9. The Morgan fingerprint density at radius 2 is 0.484 bits per heavy atom. The maximum absolute atomic E-state index is 13.1. The van der Waals surface area contributed by atoms with E-state index in [-0.39, 0.29) is 25.7 Å². The molecule has 17 nitrogen and oxygen atoms in total.